The summed E-state index contributed by atoms with van der Waals surface area (Å²) in [6, 6.07) is 6.95. The first-order valence-electron chi connectivity index (χ1n) is 6.65. The van der Waals surface area contributed by atoms with E-state index in [1.165, 1.54) is 6.07 Å². The average Bonchev–Trinajstić information content (AvgIpc) is 3.19. The van der Waals surface area contributed by atoms with Crippen LogP contribution in [0.3, 0.4) is 0 Å². The molecule has 6 heteroatoms. The van der Waals surface area contributed by atoms with Crippen LogP contribution in [0.15, 0.2) is 29.3 Å². The van der Waals surface area contributed by atoms with Crippen molar-refractivity contribution >= 4 is 29.9 Å². The van der Waals surface area contributed by atoms with Crippen molar-refractivity contribution in [3.8, 4) is 0 Å². The smallest absolute Gasteiger partial charge is 0.191 e. The van der Waals surface area contributed by atoms with Crippen molar-refractivity contribution in [3.05, 3.63) is 35.6 Å². The Kier molecular flexibility index (Phi) is 5.20. The number of guanidine groups is 1. The van der Waals surface area contributed by atoms with E-state index in [2.05, 4.69) is 4.99 Å². The number of nitrogens with zero attached hydrogens (tertiary/aromatic N) is 2. The van der Waals surface area contributed by atoms with Gasteiger partial charge in [-0.2, -0.15) is 0 Å². The second-order valence-electron chi connectivity index (χ2n) is 5.05. The molecule has 4 nitrogen and oxygen atoms in total. The van der Waals surface area contributed by atoms with Gasteiger partial charge in [-0.25, -0.2) is 9.38 Å². The molecule has 2 unspecified atom stereocenters. The maximum atomic E-state index is 13.2. The molecule has 0 spiro atoms. The minimum atomic E-state index is -0.187. The fraction of sp³-hybridized carbons (Fsp3) is 0.500. The zero-order valence-corrected chi connectivity index (χ0v) is 13.5. The fourth-order valence-corrected chi connectivity index (χ4v) is 2.46. The van der Waals surface area contributed by atoms with Gasteiger partial charge in [0.1, 0.15) is 5.82 Å². The van der Waals surface area contributed by atoms with Gasteiger partial charge >= 0.3 is 0 Å². The minimum Gasteiger partial charge on any atom is -0.378 e. The first kappa shape index (κ1) is 15.5. The van der Waals surface area contributed by atoms with E-state index in [9.17, 15) is 4.39 Å². The van der Waals surface area contributed by atoms with Gasteiger partial charge in [0.15, 0.2) is 5.96 Å². The molecule has 2 aliphatic rings. The molecule has 2 N–H and O–H groups in total. The predicted octanol–water partition coefficient (Wildman–Crippen LogP) is 1.95. The van der Waals surface area contributed by atoms with Crippen molar-refractivity contribution in [1.29, 1.82) is 0 Å². The summed E-state index contributed by atoms with van der Waals surface area (Å²) >= 11 is 0. The number of aliphatic imine (C=N–C) groups is 1. The largest absolute Gasteiger partial charge is 0.378 e. The van der Waals surface area contributed by atoms with Gasteiger partial charge in [0, 0.05) is 19.0 Å². The predicted molar refractivity (Wildman–Crippen MR) is 87.0 cm³/mol. The van der Waals surface area contributed by atoms with Gasteiger partial charge in [0.2, 0.25) is 0 Å². The third-order valence-corrected chi connectivity index (χ3v) is 3.67. The number of morpholine rings is 1. The minimum absolute atomic E-state index is 0. The molecule has 0 bridgehead atoms. The Morgan fingerprint density at radius 1 is 1.35 bits per heavy atom. The number of benzene rings is 1. The Balaban J connectivity index is 0.00000147. The van der Waals surface area contributed by atoms with Gasteiger partial charge < -0.3 is 15.4 Å². The van der Waals surface area contributed by atoms with Gasteiger partial charge in [-0.15, -0.1) is 24.0 Å². The number of hydrogen-bond acceptors (Lipinski definition) is 2. The molecule has 1 aromatic carbocycles. The average molecular weight is 391 g/mol. The number of nitrogens with two attached hydrogens (primary N) is 1. The summed E-state index contributed by atoms with van der Waals surface area (Å²) in [5.74, 6) is 0.718. The van der Waals surface area contributed by atoms with Crippen molar-refractivity contribution in [1.82, 2.24) is 4.90 Å². The summed E-state index contributed by atoms with van der Waals surface area (Å²) in [5, 5.41) is 0. The Morgan fingerprint density at radius 2 is 2.10 bits per heavy atom. The van der Waals surface area contributed by atoms with Crippen LogP contribution in [0, 0.1) is 5.82 Å². The van der Waals surface area contributed by atoms with E-state index in [1.807, 2.05) is 11.0 Å². The second kappa shape index (κ2) is 6.71. The summed E-state index contributed by atoms with van der Waals surface area (Å²) in [6.45, 7) is 3.00. The van der Waals surface area contributed by atoms with E-state index in [0.717, 1.165) is 25.1 Å². The van der Waals surface area contributed by atoms with Crippen molar-refractivity contribution in [2.45, 2.75) is 18.4 Å². The Hall–Kier alpha value is -0.890. The molecular weight excluding hydrogens is 372 g/mol. The van der Waals surface area contributed by atoms with E-state index < -0.39 is 0 Å². The first-order chi connectivity index (χ1) is 9.24. The molecule has 110 valence electrons. The highest BCUT2D eigenvalue weighted by molar-refractivity contribution is 14.0. The van der Waals surface area contributed by atoms with Crippen LogP contribution in [0.25, 0.3) is 0 Å². The highest BCUT2D eigenvalue weighted by Gasteiger charge is 2.39. The third kappa shape index (κ3) is 3.60. The van der Waals surface area contributed by atoms with Crippen molar-refractivity contribution < 1.29 is 9.13 Å². The zero-order chi connectivity index (χ0) is 13.2. The van der Waals surface area contributed by atoms with Gasteiger partial charge in [0.25, 0.3) is 0 Å². The van der Waals surface area contributed by atoms with Gasteiger partial charge in [-0.3, -0.25) is 0 Å². The topological polar surface area (TPSA) is 50.8 Å². The standard InChI is InChI=1S/C14H18FN3O.HI/c15-11-3-1-2-10(8-11)12-9-13(12)17-14(16)18-4-6-19-7-5-18;/h1-3,8,12-13H,4-7,9H2,(H2,16,17);1H. The third-order valence-electron chi connectivity index (χ3n) is 3.67. The molecule has 2 fully saturated rings. The molecule has 1 saturated carbocycles. The molecule has 0 amide bonds. The van der Waals surface area contributed by atoms with Gasteiger partial charge in [-0.05, 0) is 24.1 Å². The van der Waals surface area contributed by atoms with Crippen LogP contribution in [-0.4, -0.2) is 43.2 Å². The Bertz CT molecular complexity index is 491. The van der Waals surface area contributed by atoms with Crippen LogP contribution in [0.1, 0.15) is 17.9 Å². The van der Waals surface area contributed by atoms with Crippen LogP contribution >= 0.6 is 24.0 Å². The lowest BCUT2D eigenvalue weighted by molar-refractivity contribution is 0.0674. The van der Waals surface area contributed by atoms with Crippen molar-refractivity contribution in [2.24, 2.45) is 10.7 Å². The number of ether oxygens (including phenoxy) is 1. The first-order valence-corrected chi connectivity index (χ1v) is 6.65. The maximum absolute atomic E-state index is 13.2. The highest BCUT2D eigenvalue weighted by Crippen LogP contribution is 2.43. The molecule has 3 rings (SSSR count). The molecule has 2 atom stereocenters. The van der Waals surface area contributed by atoms with E-state index in [0.29, 0.717) is 25.1 Å². The maximum Gasteiger partial charge on any atom is 0.191 e. The van der Waals surface area contributed by atoms with Crippen LogP contribution in [0.5, 0.6) is 0 Å². The van der Waals surface area contributed by atoms with Gasteiger partial charge in [-0.1, -0.05) is 12.1 Å². The Labute approximate surface area is 135 Å². The number of hydrogen-bond donors (Lipinski definition) is 1. The summed E-state index contributed by atoms with van der Waals surface area (Å²) in [4.78, 5) is 6.59. The summed E-state index contributed by atoms with van der Waals surface area (Å²) in [6.07, 6.45) is 0.953. The molecule has 0 aromatic heterocycles. The quantitative estimate of drug-likeness (QED) is 0.477. The molecule has 0 radical (unpaired) electrons. The van der Waals surface area contributed by atoms with Crippen LogP contribution in [0.4, 0.5) is 4.39 Å². The van der Waals surface area contributed by atoms with E-state index in [4.69, 9.17) is 10.5 Å². The Morgan fingerprint density at radius 3 is 2.80 bits per heavy atom. The van der Waals surface area contributed by atoms with Crippen molar-refractivity contribution in [2.75, 3.05) is 26.3 Å². The molecular formula is C14H19FIN3O. The molecule has 1 aliphatic carbocycles. The van der Waals surface area contributed by atoms with Crippen LogP contribution in [-0.2, 0) is 4.74 Å². The molecule has 20 heavy (non-hydrogen) atoms. The SMILES string of the molecule is I.NC(=NC1CC1c1cccc(F)c1)N1CCOCC1. The summed E-state index contributed by atoms with van der Waals surface area (Å²) < 4.78 is 18.4. The lowest BCUT2D eigenvalue weighted by Crippen LogP contribution is -2.45. The van der Waals surface area contributed by atoms with E-state index >= 15 is 0 Å². The molecule has 1 heterocycles. The monoisotopic (exact) mass is 391 g/mol. The lowest BCUT2D eigenvalue weighted by Gasteiger charge is -2.27. The van der Waals surface area contributed by atoms with E-state index in [1.54, 1.807) is 12.1 Å². The zero-order valence-electron chi connectivity index (χ0n) is 11.2. The second-order valence-corrected chi connectivity index (χ2v) is 5.05. The molecule has 1 saturated heterocycles. The van der Waals surface area contributed by atoms with Crippen LogP contribution in [0.2, 0.25) is 0 Å². The van der Waals surface area contributed by atoms with Gasteiger partial charge in [0.05, 0.1) is 19.3 Å². The lowest BCUT2D eigenvalue weighted by atomic mass is 10.1. The molecule has 1 aliphatic heterocycles. The number of rotatable bonds is 2. The normalized spacial score (nSPS) is 26.1. The fourth-order valence-electron chi connectivity index (χ4n) is 2.46. The highest BCUT2D eigenvalue weighted by atomic mass is 127. The van der Waals surface area contributed by atoms with Crippen LogP contribution < -0.4 is 5.73 Å². The van der Waals surface area contributed by atoms with Crippen molar-refractivity contribution in [3.63, 3.8) is 0 Å². The van der Waals surface area contributed by atoms with E-state index in [-0.39, 0.29) is 35.8 Å². The molecule has 1 aromatic rings. The number of halogens is 2. The summed E-state index contributed by atoms with van der Waals surface area (Å²) in [5.41, 5.74) is 7.02. The summed E-state index contributed by atoms with van der Waals surface area (Å²) in [7, 11) is 0.